The molecule has 1 aliphatic heterocycles. The molecule has 3 amide bonds. The number of methoxy groups -OCH3 is 1. The molecule has 0 spiro atoms. The Hall–Kier alpha value is -3.23. The van der Waals surface area contributed by atoms with Crippen molar-refractivity contribution in [3.8, 4) is 5.75 Å². The lowest BCUT2D eigenvalue weighted by Crippen LogP contribution is -2.36. The third-order valence-electron chi connectivity index (χ3n) is 5.18. The average molecular weight is 484 g/mol. The van der Waals surface area contributed by atoms with Crippen LogP contribution in [0.2, 0.25) is 5.02 Å². The van der Waals surface area contributed by atoms with Gasteiger partial charge in [0.15, 0.2) is 0 Å². The van der Waals surface area contributed by atoms with Crippen molar-refractivity contribution in [3.05, 3.63) is 64.2 Å². The molecular formula is C24H22ClN3O4S. The highest BCUT2D eigenvalue weighted by atomic mass is 35.5. The van der Waals surface area contributed by atoms with Crippen molar-refractivity contribution in [3.63, 3.8) is 0 Å². The van der Waals surface area contributed by atoms with E-state index in [1.807, 2.05) is 30.5 Å². The number of halogens is 1. The minimum atomic E-state index is -0.501. The summed E-state index contributed by atoms with van der Waals surface area (Å²) in [7, 11) is 1.49. The monoisotopic (exact) mass is 483 g/mol. The van der Waals surface area contributed by atoms with E-state index < -0.39 is 17.1 Å². The first kappa shape index (κ1) is 22.9. The predicted octanol–water partition coefficient (Wildman–Crippen LogP) is 5.39. The molecule has 2 heterocycles. The largest absolute Gasteiger partial charge is 0.495 e. The quantitative estimate of drug-likeness (QED) is 0.456. The fourth-order valence-electron chi connectivity index (χ4n) is 3.68. The molecule has 0 unspecified atom stereocenters. The Kier molecular flexibility index (Phi) is 6.76. The van der Waals surface area contributed by atoms with E-state index in [-0.39, 0.29) is 6.54 Å². The maximum absolute atomic E-state index is 12.9. The van der Waals surface area contributed by atoms with Crippen LogP contribution in [0.5, 0.6) is 5.75 Å². The van der Waals surface area contributed by atoms with Crippen LogP contribution in [-0.4, -0.2) is 40.2 Å². The Morgan fingerprint density at radius 1 is 1.21 bits per heavy atom. The zero-order valence-corrected chi connectivity index (χ0v) is 19.7. The van der Waals surface area contributed by atoms with E-state index in [0.717, 1.165) is 46.1 Å². The number of fused-ring (bicyclic) bond motifs is 1. The Morgan fingerprint density at radius 3 is 2.73 bits per heavy atom. The highest BCUT2D eigenvalue weighted by Crippen LogP contribution is 2.34. The SMILES string of the molecule is CCCn1cc(/C=C2\SC(=O)N(CC(=O)Nc3ccc(OC)c(Cl)c3)C2=O)c2ccccc21. The molecule has 170 valence electrons. The molecule has 1 fully saturated rings. The van der Waals surface area contributed by atoms with Crippen molar-refractivity contribution in [1.29, 1.82) is 0 Å². The first-order chi connectivity index (χ1) is 15.9. The second kappa shape index (κ2) is 9.72. The molecule has 0 saturated carbocycles. The Balaban J connectivity index is 1.51. The normalized spacial score (nSPS) is 15.0. The molecule has 33 heavy (non-hydrogen) atoms. The first-order valence-corrected chi connectivity index (χ1v) is 11.6. The summed E-state index contributed by atoms with van der Waals surface area (Å²) in [5.74, 6) is -0.509. The number of hydrogen-bond donors (Lipinski definition) is 1. The molecule has 0 bridgehead atoms. The molecule has 1 saturated heterocycles. The standard InChI is InChI=1S/C24H22ClN3O4S/c1-3-10-27-13-15(17-6-4-5-7-19(17)27)11-21-23(30)28(24(31)33-21)14-22(29)26-16-8-9-20(32-2)18(25)12-16/h4-9,11-13H,3,10,14H2,1-2H3,(H,26,29)/b21-11-. The van der Waals surface area contributed by atoms with Gasteiger partial charge in [0.1, 0.15) is 12.3 Å². The molecule has 0 radical (unpaired) electrons. The number of ether oxygens (including phenoxy) is 1. The molecule has 4 rings (SSSR count). The average Bonchev–Trinajstić information content (AvgIpc) is 3.26. The van der Waals surface area contributed by atoms with Crippen LogP contribution >= 0.6 is 23.4 Å². The van der Waals surface area contributed by atoms with Crippen molar-refractivity contribution in [2.45, 2.75) is 19.9 Å². The zero-order valence-electron chi connectivity index (χ0n) is 18.1. The fraction of sp³-hybridized carbons (Fsp3) is 0.208. The lowest BCUT2D eigenvalue weighted by Gasteiger charge is -2.13. The molecule has 0 aliphatic carbocycles. The number of nitrogens with zero attached hydrogens (tertiary/aromatic N) is 2. The summed E-state index contributed by atoms with van der Waals surface area (Å²) in [5.41, 5.74) is 2.38. The van der Waals surface area contributed by atoms with Gasteiger partial charge < -0.3 is 14.6 Å². The van der Waals surface area contributed by atoms with Crippen LogP contribution in [-0.2, 0) is 16.1 Å². The van der Waals surface area contributed by atoms with Gasteiger partial charge in [-0.05, 0) is 48.5 Å². The lowest BCUT2D eigenvalue weighted by molar-refractivity contribution is -0.127. The summed E-state index contributed by atoms with van der Waals surface area (Å²) in [6.07, 6.45) is 4.69. The predicted molar refractivity (Wildman–Crippen MR) is 132 cm³/mol. The van der Waals surface area contributed by atoms with Crippen molar-refractivity contribution >= 4 is 63.1 Å². The van der Waals surface area contributed by atoms with E-state index in [9.17, 15) is 14.4 Å². The number of aryl methyl sites for hydroxylation is 1. The van der Waals surface area contributed by atoms with E-state index >= 15 is 0 Å². The number of para-hydroxylation sites is 1. The van der Waals surface area contributed by atoms with Gasteiger partial charge in [-0.25, -0.2) is 0 Å². The van der Waals surface area contributed by atoms with Crippen molar-refractivity contribution in [2.24, 2.45) is 0 Å². The summed E-state index contributed by atoms with van der Waals surface area (Å²) < 4.78 is 7.23. The maximum atomic E-state index is 12.9. The number of anilines is 1. The third kappa shape index (κ3) is 4.77. The molecule has 0 atom stereocenters. The van der Waals surface area contributed by atoms with E-state index in [2.05, 4.69) is 16.8 Å². The highest BCUT2D eigenvalue weighted by molar-refractivity contribution is 8.18. The van der Waals surface area contributed by atoms with Crippen molar-refractivity contribution in [2.75, 3.05) is 19.0 Å². The van der Waals surface area contributed by atoms with Gasteiger partial charge in [0.25, 0.3) is 11.1 Å². The Morgan fingerprint density at radius 2 is 2.00 bits per heavy atom. The van der Waals surface area contributed by atoms with E-state index in [4.69, 9.17) is 16.3 Å². The highest BCUT2D eigenvalue weighted by Gasteiger charge is 2.36. The fourth-order valence-corrected chi connectivity index (χ4v) is 4.77. The molecule has 3 aromatic rings. The van der Waals surface area contributed by atoms with Crippen LogP contribution in [0, 0.1) is 0 Å². The van der Waals surface area contributed by atoms with Crippen molar-refractivity contribution < 1.29 is 19.1 Å². The molecule has 1 N–H and O–H groups in total. The van der Waals surface area contributed by atoms with Gasteiger partial charge in [0, 0.05) is 34.9 Å². The van der Waals surface area contributed by atoms with Gasteiger partial charge in [0.05, 0.1) is 17.0 Å². The first-order valence-electron chi connectivity index (χ1n) is 10.4. The summed E-state index contributed by atoms with van der Waals surface area (Å²) in [6.45, 7) is 2.57. The van der Waals surface area contributed by atoms with Crippen LogP contribution in [0.25, 0.3) is 17.0 Å². The number of carbonyl (C=O) groups is 3. The van der Waals surface area contributed by atoms with E-state index in [0.29, 0.717) is 21.4 Å². The van der Waals surface area contributed by atoms with E-state index in [1.165, 1.54) is 13.2 Å². The third-order valence-corrected chi connectivity index (χ3v) is 6.38. The van der Waals surface area contributed by atoms with Crippen molar-refractivity contribution in [1.82, 2.24) is 9.47 Å². The van der Waals surface area contributed by atoms with Gasteiger partial charge in [0.2, 0.25) is 5.91 Å². The van der Waals surface area contributed by atoms with Crippen LogP contribution in [0.4, 0.5) is 10.5 Å². The molecule has 1 aromatic heterocycles. The van der Waals surface area contributed by atoms with Gasteiger partial charge in [-0.3, -0.25) is 19.3 Å². The number of nitrogens with one attached hydrogen (secondary N) is 1. The van der Waals surface area contributed by atoms with Crippen LogP contribution in [0.3, 0.4) is 0 Å². The molecule has 9 heteroatoms. The number of amides is 3. The number of hydrogen-bond acceptors (Lipinski definition) is 5. The number of benzene rings is 2. The van der Waals surface area contributed by atoms with Gasteiger partial charge in [-0.15, -0.1) is 0 Å². The minimum Gasteiger partial charge on any atom is -0.495 e. The molecule has 2 aromatic carbocycles. The summed E-state index contributed by atoms with van der Waals surface area (Å²) in [5, 5.41) is 3.52. The second-order valence-electron chi connectivity index (χ2n) is 7.46. The Bertz CT molecular complexity index is 1280. The number of rotatable bonds is 7. The lowest BCUT2D eigenvalue weighted by atomic mass is 10.1. The zero-order chi connectivity index (χ0) is 23.5. The topological polar surface area (TPSA) is 80.6 Å². The van der Waals surface area contributed by atoms with E-state index in [1.54, 1.807) is 18.2 Å². The molecular weight excluding hydrogens is 462 g/mol. The van der Waals surface area contributed by atoms with Gasteiger partial charge in [-0.1, -0.05) is 36.7 Å². The summed E-state index contributed by atoms with van der Waals surface area (Å²) in [6, 6.07) is 12.7. The van der Waals surface area contributed by atoms with Gasteiger partial charge in [-0.2, -0.15) is 0 Å². The van der Waals surface area contributed by atoms with Crippen LogP contribution < -0.4 is 10.1 Å². The number of imide groups is 1. The van der Waals surface area contributed by atoms with Gasteiger partial charge >= 0.3 is 0 Å². The minimum absolute atomic E-state index is 0.291. The number of thioether (sulfide) groups is 1. The molecule has 7 nitrogen and oxygen atoms in total. The molecule has 1 aliphatic rings. The maximum Gasteiger partial charge on any atom is 0.294 e. The van der Waals surface area contributed by atoms with Crippen LogP contribution in [0.15, 0.2) is 53.6 Å². The number of aromatic nitrogens is 1. The second-order valence-corrected chi connectivity index (χ2v) is 8.86. The van der Waals surface area contributed by atoms with Crippen LogP contribution in [0.1, 0.15) is 18.9 Å². The summed E-state index contributed by atoms with van der Waals surface area (Å²) in [4.78, 5) is 39.1. The summed E-state index contributed by atoms with van der Waals surface area (Å²) >= 11 is 6.92. The Labute approximate surface area is 200 Å². The number of carbonyl (C=O) groups excluding carboxylic acids is 3. The smallest absolute Gasteiger partial charge is 0.294 e.